The molecule has 0 spiro atoms. The molecule has 2 aromatic heterocycles. The Morgan fingerprint density at radius 2 is 0.926 bits per heavy atom. The molecule has 0 bridgehead atoms. The predicted molar refractivity (Wildman–Crippen MR) is 206 cm³/mol. The van der Waals surface area contributed by atoms with Crippen LogP contribution in [-0.4, -0.2) is 70.2 Å². The molecule has 0 fully saturated rings. The van der Waals surface area contributed by atoms with Gasteiger partial charge >= 0.3 is 12.2 Å². The number of aromatic amines is 2. The maximum atomic E-state index is 12.9. The van der Waals surface area contributed by atoms with Crippen molar-refractivity contribution in [3.05, 3.63) is 84.7 Å². The highest BCUT2D eigenvalue weighted by Crippen LogP contribution is 2.30. The summed E-state index contributed by atoms with van der Waals surface area (Å²) in [6.45, 7) is 11.0. The van der Waals surface area contributed by atoms with Gasteiger partial charge in [0.1, 0.15) is 23.7 Å². The molecule has 54 heavy (non-hydrogen) atoms. The van der Waals surface area contributed by atoms with Gasteiger partial charge in [-0.2, -0.15) is 0 Å². The third-order valence-electron chi connectivity index (χ3n) is 9.23. The molecule has 14 heteroatoms. The van der Waals surface area contributed by atoms with Crippen LogP contribution in [0.5, 0.6) is 0 Å². The van der Waals surface area contributed by atoms with Gasteiger partial charge in [-0.3, -0.25) is 9.59 Å². The van der Waals surface area contributed by atoms with Crippen molar-refractivity contribution in [3.8, 4) is 33.6 Å². The summed E-state index contributed by atoms with van der Waals surface area (Å²) in [6, 6.07) is 18.3. The molecule has 6 N–H and O–H groups in total. The van der Waals surface area contributed by atoms with Crippen LogP contribution in [0.2, 0.25) is 0 Å². The predicted octanol–water partition coefficient (Wildman–Crippen LogP) is 6.40. The number of hydrogen-bond acceptors (Lipinski definition) is 8. The van der Waals surface area contributed by atoms with Gasteiger partial charge in [-0.05, 0) is 65.3 Å². The molecule has 0 unspecified atom stereocenters. The Kier molecular flexibility index (Phi) is 12.4. The summed E-state index contributed by atoms with van der Waals surface area (Å²) in [5, 5.41) is 13.1. The smallest absolute Gasteiger partial charge is 0.407 e. The average molecular weight is 737 g/mol. The zero-order chi connectivity index (χ0) is 39.1. The minimum atomic E-state index is -0.748. The first-order valence-corrected chi connectivity index (χ1v) is 17.8. The van der Waals surface area contributed by atoms with Crippen molar-refractivity contribution in [3.63, 3.8) is 0 Å². The van der Waals surface area contributed by atoms with E-state index in [9.17, 15) is 19.2 Å². The lowest BCUT2D eigenvalue weighted by Gasteiger charge is -2.22. The summed E-state index contributed by atoms with van der Waals surface area (Å²) in [6.07, 6.45) is 2.15. The normalized spacial score (nSPS) is 13.5. The second kappa shape index (κ2) is 17.1. The second-order valence-electron chi connectivity index (χ2n) is 13.9. The minimum Gasteiger partial charge on any atom is -0.453 e. The van der Waals surface area contributed by atoms with Gasteiger partial charge in [0.15, 0.2) is 0 Å². The van der Waals surface area contributed by atoms with Crippen LogP contribution in [-0.2, 0) is 19.1 Å². The summed E-state index contributed by atoms with van der Waals surface area (Å²) < 4.78 is 9.33. The fraction of sp³-hybridized carbons (Fsp3) is 0.350. The largest absolute Gasteiger partial charge is 0.453 e. The third-order valence-corrected chi connectivity index (χ3v) is 9.23. The highest BCUT2D eigenvalue weighted by Gasteiger charge is 2.28. The number of amides is 4. The van der Waals surface area contributed by atoms with Crippen molar-refractivity contribution in [2.45, 2.75) is 65.7 Å². The zero-order valence-electron chi connectivity index (χ0n) is 31.7. The molecule has 3 aromatic carbocycles. The van der Waals surface area contributed by atoms with E-state index in [4.69, 9.17) is 0 Å². The van der Waals surface area contributed by atoms with Crippen molar-refractivity contribution >= 4 is 34.8 Å². The van der Waals surface area contributed by atoms with Crippen LogP contribution in [0.15, 0.2) is 73.1 Å². The molecule has 0 radical (unpaired) electrons. The molecule has 0 saturated heterocycles. The maximum absolute atomic E-state index is 12.9. The van der Waals surface area contributed by atoms with Crippen LogP contribution in [0, 0.1) is 11.8 Å². The van der Waals surface area contributed by atoms with Gasteiger partial charge in [-0.25, -0.2) is 19.6 Å². The van der Waals surface area contributed by atoms with Crippen LogP contribution in [0.25, 0.3) is 44.4 Å². The van der Waals surface area contributed by atoms with Crippen LogP contribution in [0.1, 0.15) is 65.3 Å². The molecule has 0 aliphatic carbocycles. The molecule has 0 aliphatic heterocycles. The van der Waals surface area contributed by atoms with Crippen molar-refractivity contribution in [1.82, 2.24) is 41.2 Å². The first kappa shape index (κ1) is 39.0. The van der Waals surface area contributed by atoms with E-state index in [1.807, 2.05) is 59.7 Å². The van der Waals surface area contributed by atoms with E-state index in [0.717, 1.165) is 44.4 Å². The van der Waals surface area contributed by atoms with Crippen molar-refractivity contribution in [2.75, 3.05) is 14.2 Å². The van der Waals surface area contributed by atoms with Gasteiger partial charge in [0, 0.05) is 5.56 Å². The van der Waals surface area contributed by atoms with E-state index in [1.54, 1.807) is 12.4 Å². The zero-order valence-corrected chi connectivity index (χ0v) is 31.7. The summed E-state index contributed by atoms with van der Waals surface area (Å²) >= 11 is 0. The Labute approximate surface area is 314 Å². The maximum Gasteiger partial charge on any atom is 0.407 e. The monoisotopic (exact) mass is 736 g/mol. The molecule has 14 nitrogen and oxygen atoms in total. The number of nitrogens with zero attached hydrogens (tertiary/aromatic N) is 2. The number of rotatable bonds is 13. The van der Waals surface area contributed by atoms with Crippen molar-refractivity contribution in [2.24, 2.45) is 11.8 Å². The van der Waals surface area contributed by atoms with E-state index in [-0.39, 0.29) is 23.7 Å². The van der Waals surface area contributed by atoms with Gasteiger partial charge < -0.3 is 40.7 Å². The lowest BCUT2D eigenvalue weighted by atomic mass is 9.98. The summed E-state index contributed by atoms with van der Waals surface area (Å²) in [4.78, 5) is 64.9. The fourth-order valence-electron chi connectivity index (χ4n) is 6.03. The molecular formula is C40H48N8O6. The molecule has 4 atom stereocenters. The molecule has 0 saturated carbocycles. The summed E-state index contributed by atoms with van der Waals surface area (Å²) in [5.41, 5.74) is 5.65. The van der Waals surface area contributed by atoms with Gasteiger partial charge in [0.05, 0.1) is 50.1 Å². The van der Waals surface area contributed by atoms with Gasteiger partial charge in [-0.15, -0.1) is 0 Å². The molecule has 5 rings (SSSR count). The van der Waals surface area contributed by atoms with Crippen molar-refractivity contribution in [1.29, 1.82) is 0 Å². The van der Waals surface area contributed by atoms with Crippen LogP contribution in [0.4, 0.5) is 9.59 Å². The number of benzene rings is 3. The van der Waals surface area contributed by atoms with Crippen molar-refractivity contribution < 1.29 is 28.7 Å². The quantitative estimate of drug-likeness (QED) is 0.0799. The number of H-pyrrole nitrogens is 2. The SMILES string of the molecule is COC(=O)N[C@H](C(=O)N[C@@H](C)c1ncc(-c2ccc(-c3ccc4cc(-c5cnc([C@H](C)NC(=O)[C@@H](NC(=O)OC)C(C)C)[nH]5)ccc4c3)cc2)[nH]1)C(C)C. The van der Waals surface area contributed by atoms with E-state index in [2.05, 4.69) is 93.1 Å². The number of methoxy groups -OCH3 is 2. The number of ether oxygens (including phenoxy) is 2. The van der Waals surface area contributed by atoms with Crippen LogP contribution in [0.3, 0.4) is 0 Å². The number of nitrogens with one attached hydrogen (secondary N) is 6. The molecule has 5 aromatic rings. The van der Waals surface area contributed by atoms with Crippen LogP contribution >= 0.6 is 0 Å². The highest BCUT2D eigenvalue weighted by molar-refractivity contribution is 5.91. The van der Waals surface area contributed by atoms with Crippen LogP contribution < -0.4 is 21.3 Å². The van der Waals surface area contributed by atoms with E-state index in [1.165, 1.54) is 14.2 Å². The first-order chi connectivity index (χ1) is 25.8. The number of fused-ring (bicyclic) bond motifs is 1. The van der Waals surface area contributed by atoms with Gasteiger partial charge in [0.2, 0.25) is 11.8 Å². The topological polar surface area (TPSA) is 192 Å². The first-order valence-electron chi connectivity index (χ1n) is 17.8. The molecule has 0 aliphatic rings. The molecule has 2 heterocycles. The average Bonchev–Trinajstić information content (AvgIpc) is 3.87. The van der Waals surface area contributed by atoms with E-state index < -0.39 is 36.4 Å². The Balaban J connectivity index is 1.23. The summed E-state index contributed by atoms with van der Waals surface area (Å²) in [5.74, 6) is 0.254. The minimum absolute atomic E-state index is 0.139. The Morgan fingerprint density at radius 3 is 1.37 bits per heavy atom. The standard InChI is InChI=1S/C40H48N8O6/c1-21(2)33(47-39(51)53-7)37(49)43-23(5)35-41-19-31(45-35)26-11-9-25(10-12-26)27-13-14-29-18-30(16-15-28(29)17-27)32-20-42-36(46-32)24(6)44-38(50)34(22(3)4)48-40(52)54-8/h9-24,33-34H,1-8H3,(H,41,45)(H,42,46)(H,43,49)(H,44,50)(H,47,51)(H,48,52)/t23-,24-,33-,34-/m0/s1. The van der Waals surface area contributed by atoms with E-state index in [0.29, 0.717) is 11.6 Å². The number of aromatic nitrogens is 4. The number of alkyl carbamates (subject to hydrolysis) is 2. The lowest BCUT2D eigenvalue weighted by Crippen LogP contribution is -2.50. The van der Waals surface area contributed by atoms with E-state index >= 15 is 0 Å². The van der Waals surface area contributed by atoms with Gasteiger partial charge in [-0.1, -0.05) is 76.2 Å². The highest BCUT2D eigenvalue weighted by atomic mass is 16.5. The molecule has 284 valence electrons. The third kappa shape index (κ3) is 9.24. The molecule has 4 amide bonds. The lowest BCUT2D eigenvalue weighted by molar-refractivity contribution is -0.125. The Hall–Kier alpha value is -6.18. The molecular weight excluding hydrogens is 688 g/mol. The second-order valence-corrected chi connectivity index (χ2v) is 13.9. The fourth-order valence-corrected chi connectivity index (χ4v) is 6.03. The number of hydrogen-bond donors (Lipinski definition) is 6. The Morgan fingerprint density at radius 1 is 0.537 bits per heavy atom. The number of imidazole rings is 2. The Bertz CT molecular complexity index is 2100. The number of carbonyl (C=O) groups excluding carboxylic acids is 4. The summed E-state index contributed by atoms with van der Waals surface area (Å²) in [7, 11) is 2.52. The number of carbonyl (C=O) groups is 4. The van der Waals surface area contributed by atoms with Gasteiger partial charge in [0.25, 0.3) is 0 Å².